The number of rotatable bonds is 5. The van der Waals surface area contributed by atoms with E-state index in [0.29, 0.717) is 38.2 Å². The minimum absolute atomic E-state index is 0.0588. The van der Waals surface area contributed by atoms with Gasteiger partial charge in [-0.1, -0.05) is 24.3 Å². The molecule has 0 unspecified atom stereocenters. The molecule has 0 aliphatic carbocycles. The molecule has 0 aromatic heterocycles. The Balaban J connectivity index is 1.55. The molecule has 3 rings (SSSR count). The Morgan fingerprint density at radius 3 is 2.62 bits per heavy atom. The van der Waals surface area contributed by atoms with Crippen LogP contribution in [0.15, 0.2) is 48.5 Å². The van der Waals surface area contributed by atoms with Gasteiger partial charge in [0.2, 0.25) is 5.91 Å². The van der Waals surface area contributed by atoms with E-state index < -0.39 is 0 Å². The van der Waals surface area contributed by atoms with Gasteiger partial charge in [-0.25, -0.2) is 4.39 Å². The number of benzene rings is 2. The van der Waals surface area contributed by atoms with Crippen LogP contribution in [0.3, 0.4) is 0 Å². The quantitative estimate of drug-likeness (QED) is 0.658. The third kappa shape index (κ3) is 4.17. The first kappa shape index (κ1) is 17.8. The van der Waals surface area contributed by atoms with E-state index in [2.05, 4.69) is 5.32 Å². The van der Waals surface area contributed by atoms with Crippen molar-refractivity contribution in [3.05, 3.63) is 70.0 Å². The first-order chi connectivity index (χ1) is 12.5. The number of para-hydroxylation sites is 2. The van der Waals surface area contributed by atoms with E-state index >= 15 is 0 Å². The smallest absolute Gasteiger partial charge is 0.292 e. The maximum atomic E-state index is 13.2. The van der Waals surface area contributed by atoms with Crippen LogP contribution in [-0.2, 0) is 11.3 Å². The lowest BCUT2D eigenvalue weighted by molar-refractivity contribution is -0.384. The summed E-state index contributed by atoms with van der Waals surface area (Å²) in [6, 6.07) is 12.8. The maximum Gasteiger partial charge on any atom is 0.292 e. The van der Waals surface area contributed by atoms with Gasteiger partial charge in [0.15, 0.2) is 0 Å². The van der Waals surface area contributed by atoms with Crippen LogP contribution in [0.5, 0.6) is 0 Å². The number of carbonyl (C=O) groups excluding carboxylic acids is 1. The molecule has 1 fully saturated rings. The summed E-state index contributed by atoms with van der Waals surface area (Å²) in [5.74, 6) is -0.520. The van der Waals surface area contributed by atoms with Gasteiger partial charge < -0.3 is 10.2 Å². The average Bonchev–Trinajstić information content (AvgIpc) is 2.66. The summed E-state index contributed by atoms with van der Waals surface area (Å²) in [6.07, 6.45) is 1.25. The van der Waals surface area contributed by atoms with Gasteiger partial charge in [-0.15, -0.1) is 0 Å². The molecule has 1 N–H and O–H groups in total. The zero-order valence-electron chi connectivity index (χ0n) is 14.2. The lowest BCUT2D eigenvalue weighted by Gasteiger charge is -2.32. The second-order valence-electron chi connectivity index (χ2n) is 6.35. The fourth-order valence-electron chi connectivity index (χ4n) is 3.25. The number of nitro groups is 1. The van der Waals surface area contributed by atoms with Crippen LogP contribution >= 0.6 is 0 Å². The van der Waals surface area contributed by atoms with Crippen molar-refractivity contribution >= 4 is 17.3 Å². The summed E-state index contributed by atoms with van der Waals surface area (Å²) in [4.78, 5) is 25.1. The highest BCUT2D eigenvalue weighted by molar-refractivity contribution is 5.79. The average molecular weight is 357 g/mol. The number of halogens is 1. The van der Waals surface area contributed by atoms with E-state index in [1.54, 1.807) is 30.3 Å². The molecule has 1 saturated heterocycles. The number of piperidine rings is 1. The summed E-state index contributed by atoms with van der Waals surface area (Å²) in [6.45, 7) is 1.47. The van der Waals surface area contributed by atoms with Crippen LogP contribution in [-0.4, -0.2) is 23.9 Å². The van der Waals surface area contributed by atoms with Gasteiger partial charge in [-0.2, -0.15) is 0 Å². The van der Waals surface area contributed by atoms with Crippen LogP contribution in [0.4, 0.5) is 15.8 Å². The van der Waals surface area contributed by atoms with Crippen molar-refractivity contribution in [2.45, 2.75) is 19.4 Å². The predicted octanol–water partition coefficient (Wildman–Crippen LogP) is 3.27. The summed E-state index contributed by atoms with van der Waals surface area (Å²) < 4.78 is 13.2. The zero-order chi connectivity index (χ0) is 18.5. The SMILES string of the molecule is O=C(NCc1cccc(F)c1)C1CCN(c2ccccc2[N+](=O)[O-])CC1. The van der Waals surface area contributed by atoms with Crippen molar-refractivity contribution in [1.82, 2.24) is 5.32 Å². The number of carbonyl (C=O) groups is 1. The Bertz CT molecular complexity index is 804. The van der Waals surface area contributed by atoms with E-state index in [1.165, 1.54) is 18.2 Å². The summed E-state index contributed by atoms with van der Waals surface area (Å²) >= 11 is 0. The van der Waals surface area contributed by atoms with Gasteiger partial charge in [-0.3, -0.25) is 14.9 Å². The van der Waals surface area contributed by atoms with E-state index in [0.717, 1.165) is 5.56 Å². The van der Waals surface area contributed by atoms with E-state index in [1.807, 2.05) is 4.90 Å². The predicted molar refractivity (Wildman–Crippen MR) is 96.3 cm³/mol. The van der Waals surface area contributed by atoms with Crippen molar-refractivity contribution in [3.8, 4) is 0 Å². The molecule has 1 aliphatic rings. The molecule has 1 heterocycles. The Morgan fingerprint density at radius 1 is 1.19 bits per heavy atom. The number of amides is 1. The topological polar surface area (TPSA) is 75.5 Å². The van der Waals surface area contributed by atoms with Gasteiger partial charge in [-0.05, 0) is 36.6 Å². The molecule has 0 atom stereocenters. The fourth-order valence-corrected chi connectivity index (χ4v) is 3.25. The maximum absolute atomic E-state index is 13.2. The second kappa shape index (κ2) is 7.95. The Hall–Kier alpha value is -2.96. The standard InChI is InChI=1S/C19H20FN3O3/c20-16-5-3-4-14(12-16)13-21-19(24)15-8-10-22(11-9-15)17-6-1-2-7-18(17)23(25)26/h1-7,12,15H,8-11,13H2,(H,21,24). The van der Waals surface area contributed by atoms with Crippen LogP contribution in [0.2, 0.25) is 0 Å². The lowest BCUT2D eigenvalue weighted by atomic mass is 9.95. The highest BCUT2D eigenvalue weighted by Gasteiger charge is 2.27. The molecular formula is C19H20FN3O3. The molecule has 6 nitrogen and oxygen atoms in total. The minimum atomic E-state index is -0.382. The van der Waals surface area contributed by atoms with Gasteiger partial charge in [0, 0.05) is 31.6 Å². The highest BCUT2D eigenvalue weighted by atomic mass is 19.1. The fraction of sp³-hybridized carbons (Fsp3) is 0.316. The van der Waals surface area contributed by atoms with Crippen LogP contribution in [0.25, 0.3) is 0 Å². The van der Waals surface area contributed by atoms with Crippen LogP contribution in [0, 0.1) is 21.8 Å². The Labute approximate surface area is 150 Å². The van der Waals surface area contributed by atoms with Crippen LogP contribution in [0.1, 0.15) is 18.4 Å². The number of hydrogen-bond acceptors (Lipinski definition) is 4. The summed E-state index contributed by atoms with van der Waals surface area (Å²) in [5, 5.41) is 14.0. The molecular weight excluding hydrogens is 337 g/mol. The number of anilines is 1. The van der Waals surface area contributed by atoms with Crippen LogP contribution < -0.4 is 10.2 Å². The largest absolute Gasteiger partial charge is 0.366 e. The molecule has 0 bridgehead atoms. The normalized spacial score (nSPS) is 14.9. The van der Waals surface area contributed by atoms with Crippen molar-refractivity contribution in [1.29, 1.82) is 0 Å². The molecule has 2 aromatic rings. The lowest BCUT2D eigenvalue weighted by Crippen LogP contribution is -2.40. The van der Waals surface area contributed by atoms with Gasteiger partial charge in [0.1, 0.15) is 11.5 Å². The van der Waals surface area contributed by atoms with Crippen molar-refractivity contribution in [3.63, 3.8) is 0 Å². The molecule has 1 amide bonds. The molecule has 7 heteroatoms. The molecule has 2 aromatic carbocycles. The third-order valence-corrected chi connectivity index (χ3v) is 4.64. The number of nitrogens with zero attached hydrogens (tertiary/aromatic N) is 2. The van der Waals surface area contributed by atoms with E-state index in [9.17, 15) is 19.3 Å². The van der Waals surface area contributed by atoms with Crippen molar-refractivity contribution in [2.24, 2.45) is 5.92 Å². The van der Waals surface area contributed by atoms with Gasteiger partial charge in [0.25, 0.3) is 5.69 Å². The minimum Gasteiger partial charge on any atom is -0.366 e. The third-order valence-electron chi connectivity index (χ3n) is 4.64. The van der Waals surface area contributed by atoms with Gasteiger partial charge in [0.05, 0.1) is 4.92 Å². The summed E-state index contributed by atoms with van der Waals surface area (Å²) in [7, 11) is 0. The molecule has 1 aliphatic heterocycles. The Morgan fingerprint density at radius 2 is 1.92 bits per heavy atom. The zero-order valence-corrected chi connectivity index (χ0v) is 14.2. The first-order valence-electron chi connectivity index (χ1n) is 8.55. The van der Waals surface area contributed by atoms with Crippen molar-refractivity contribution in [2.75, 3.05) is 18.0 Å². The van der Waals surface area contributed by atoms with Crippen molar-refractivity contribution < 1.29 is 14.1 Å². The summed E-state index contributed by atoms with van der Waals surface area (Å²) in [5.41, 5.74) is 1.40. The number of hydrogen-bond donors (Lipinski definition) is 1. The molecule has 0 spiro atoms. The number of nitrogens with one attached hydrogen (secondary N) is 1. The molecule has 0 radical (unpaired) electrons. The number of nitro benzene ring substituents is 1. The molecule has 136 valence electrons. The first-order valence-corrected chi connectivity index (χ1v) is 8.55. The van der Waals surface area contributed by atoms with E-state index in [-0.39, 0.29) is 28.3 Å². The monoisotopic (exact) mass is 357 g/mol. The van der Waals surface area contributed by atoms with Gasteiger partial charge >= 0.3 is 0 Å². The highest BCUT2D eigenvalue weighted by Crippen LogP contribution is 2.31. The molecule has 26 heavy (non-hydrogen) atoms. The van der Waals surface area contributed by atoms with E-state index in [4.69, 9.17) is 0 Å². The molecule has 0 saturated carbocycles. The Kier molecular flexibility index (Phi) is 5.46. The second-order valence-corrected chi connectivity index (χ2v) is 6.35.